The topological polar surface area (TPSA) is 52.0 Å². The molecule has 150 valence electrons. The van der Waals surface area contributed by atoms with E-state index in [0.29, 0.717) is 6.61 Å². The van der Waals surface area contributed by atoms with Crippen molar-refractivity contribution in [1.82, 2.24) is 14.8 Å². The standard InChI is InChI=1S/C25H24N4O/c1-2-30-22-14-12-21(13-15-22)24-16-23(28-25-26-17-27-29(24)25)20-10-8-19(9-11-20)18-6-4-3-5-7-18/h3-15,17,23-24H,2,16H2,1H3,(H,26,27,28)/t23-,24+/m1/s1. The van der Waals surface area contributed by atoms with Gasteiger partial charge in [0.05, 0.1) is 18.7 Å². The number of hydrogen-bond donors (Lipinski definition) is 1. The zero-order chi connectivity index (χ0) is 20.3. The van der Waals surface area contributed by atoms with Crippen LogP contribution in [0.15, 0.2) is 85.2 Å². The van der Waals surface area contributed by atoms with Crippen LogP contribution in [0.2, 0.25) is 0 Å². The summed E-state index contributed by atoms with van der Waals surface area (Å²) in [5.41, 5.74) is 4.91. The normalized spacial score (nSPS) is 17.8. The zero-order valence-electron chi connectivity index (χ0n) is 16.9. The molecule has 0 fully saturated rings. The lowest BCUT2D eigenvalue weighted by atomic mass is 9.92. The highest BCUT2D eigenvalue weighted by atomic mass is 16.5. The highest BCUT2D eigenvalue weighted by Gasteiger charge is 2.29. The van der Waals surface area contributed by atoms with Gasteiger partial charge in [-0.25, -0.2) is 4.68 Å². The summed E-state index contributed by atoms with van der Waals surface area (Å²) in [5, 5.41) is 8.02. The maximum atomic E-state index is 5.59. The number of aromatic nitrogens is 3. The van der Waals surface area contributed by atoms with Gasteiger partial charge in [-0.2, -0.15) is 10.1 Å². The molecule has 1 aliphatic heterocycles. The zero-order valence-corrected chi connectivity index (χ0v) is 16.9. The largest absolute Gasteiger partial charge is 0.494 e. The van der Waals surface area contributed by atoms with Crippen molar-refractivity contribution < 1.29 is 4.74 Å². The molecule has 0 aliphatic carbocycles. The van der Waals surface area contributed by atoms with E-state index in [0.717, 1.165) is 18.1 Å². The van der Waals surface area contributed by atoms with Crippen LogP contribution in [0.5, 0.6) is 5.75 Å². The molecule has 2 heterocycles. The van der Waals surface area contributed by atoms with E-state index in [9.17, 15) is 0 Å². The van der Waals surface area contributed by atoms with E-state index in [2.05, 4.69) is 76.1 Å². The summed E-state index contributed by atoms with van der Waals surface area (Å²) >= 11 is 0. The SMILES string of the molecule is CCOc1ccc([C@@H]2C[C@H](c3ccc(-c4ccccc4)cc3)Nc3ncnn32)cc1. The second kappa shape index (κ2) is 8.03. The smallest absolute Gasteiger partial charge is 0.222 e. The predicted molar refractivity (Wildman–Crippen MR) is 119 cm³/mol. The van der Waals surface area contributed by atoms with Gasteiger partial charge in [0.15, 0.2) is 0 Å². The number of benzene rings is 3. The van der Waals surface area contributed by atoms with Gasteiger partial charge in [-0.1, -0.05) is 66.7 Å². The van der Waals surface area contributed by atoms with E-state index in [4.69, 9.17) is 4.74 Å². The molecule has 5 heteroatoms. The third-order valence-corrected chi connectivity index (χ3v) is 5.63. The number of nitrogens with zero attached hydrogens (tertiary/aromatic N) is 3. The minimum atomic E-state index is 0.123. The van der Waals surface area contributed by atoms with Gasteiger partial charge in [0.2, 0.25) is 5.95 Å². The average Bonchev–Trinajstić information content (AvgIpc) is 3.29. The van der Waals surface area contributed by atoms with Gasteiger partial charge in [0.25, 0.3) is 0 Å². The lowest BCUT2D eigenvalue weighted by molar-refractivity contribution is 0.340. The van der Waals surface area contributed by atoms with Crippen molar-refractivity contribution in [3.63, 3.8) is 0 Å². The molecule has 4 aromatic rings. The van der Waals surface area contributed by atoms with E-state index >= 15 is 0 Å². The lowest BCUT2D eigenvalue weighted by Crippen LogP contribution is -2.28. The quantitative estimate of drug-likeness (QED) is 0.485. The molecule has 5 rings (SSSR count). The Bertz CT molecular complexity index is 1100. The fraction of sp³-hybridized carbons (Fsp3) is 0.200. The fourth-order valence-electron chi connectivity index (χ4n) is 4.11. The van der Waals surface area contributed by atoms with Gasteiger partial charge in [-0.3, -0.25) is 0 Å². The van der Waals surface area contributed by atoms with E-state index < -0.39 is 0 Å². The Morgan fingerprint density at radius 2 is 1.60 bits per heavy atom. The van der Waals surface area contributed by atoms with Crippen LogP contribution < -0.4 is 10.1 Å². The Labute approximate surface area is 176 Å². The highest BCUT2D eigenvalue weighted by molar-refractivity contribution is 5.63. The van der Waals surface area contributed by atoms with E-state index in [1.807, 2.05) is 29.8 Å². The molecule has 1 N–H and O–H groups in total. The second-order valence-corrected chi connectivity index (χ2v) is 7.47. The summed E-state index contributed by atoms with van der Waals surface area (Å²) in [6.45, 7) is 2.66. The molecule has 0 saturated heterocycles. The Hall–Kier alpha value is -3.60. The van der Waals surface area contributed by atoms with E-state index in [1.54, 1.807) is 6.33 Å². The number of fused-ring (bicyclic) bond motifs is 1. The summed E-state index contributed by atoms with van der Waals surface area (Å²) in [4.78, 5) is 4.44. The maximum Gasteiger partial charge on any atom is 0.222 e. The summed E-state index contributed by atoms with van der Waals surface area (Å²) in [5.74, 6) is 1.69. The van der Waals surface area contributed by atoms with Crippen LogP contribution in [-0.4, -0.2) is 21.4 Å². The molecule has 0 saturated carbocycles. The summed E-state index contributed by atoms with van der Waals surface area (Å²) < 4.78 is 7.57. The van der Waals surface area contributed by atoms with Gasteiger partial charge >= 0.3 is 0 Å². The maximum absolute atomic E-state index is 5.59. The van der Waals surface area contributed by atoms with Crippen molar-refractivity contribution in [3.05, 3.63) is 96.3 Å². The van der Waals surface area contributed by atoms with Gasteiger partial charge < -0.3 is 10.1 Å². The molecule has 1 aliphatic rings. The molecule has 0 unspecified atom stereocenters. The van der Waals surface area contributed by atoms with E-state index in [1.165, 1.54) is 22.3 Å². The van der Waals surface area contributed by atoms with Gasteiger partial charge in [0.1, 0.15) is 12.1 Å². The van der Waals surface area contributed by atoms with Crippen molar-refractivity contribution in [1.29, 1.82) is 0 Å². The first-order chi connectivity index (χ1) is 14.8. The number of nitrogens with one attached hydrogen (secondary N) is 1. The van der Waals surface area contributed by atoms with Crippen molar-refractivity contribution >= 4 is 5.95 Å². The van der Waals surface area contributed by atoms with Crippen LogP contribution in [0.4, 0.5) is 5.95 Å². The predicted octanol–water partition coefficient (Wildman–Crippen LogP) is 5.49. The number of anilines is 1. The minimum Gasteiger partial charge on any atom is -0.494 e. The van der Waals surface area contributed by atoms with Crippen molar-refractivity contribution in [2.45, 2.75) is 25.4 Å². The van der Waals surface area contributed by atoms with E-state index in [-0.39, 0.29) is 12.1 Å². The lowest BCUT2D eigenvalue weighted by Gasteiger charge is -2.32. The van der Waals surface area contributed by atoms with Crippen LogP contribution in [0.3, 0.4) is 0 Å². The highest BCUT2D eigenvalue weighted by Crippen LogP contribution is 2.38. The van der Waals surface area contributed by atoms with Crippen LogP contribution in [0.25, 0.3) is 11.1 Å². The molecule has 1 aromatic heterocycles. The Kier molecular flexibility index (Phi) is 4.93. The molecular weight excluding hydrogens is 372 g/mol. The van der Waals surface area contributed by atoms with Crippen LogP contribution in [-0.2, 0) is 0 Å². The molecule has 2 atom stereocenters. The molecule has 3 aromatic carbocycles. The Balaban J connectivity index is 1.42. The van der Waals surface area contributed by atoms with Gasteiger partial charge in [-0.05, 0) is 47.7 Å². The van der Waals surface area contributed by atoms with Crippen LogP contribution in [0.1, 0.15) is 36.6 Å². The van der Waals surface area contributed by atoms with Crippen molar-refractivity contribution in [2.24, 2.45) is 0 Å². The van der Waals surface area contributed by atoms with Crippen LogP contribution >= 0.6 is 0 Å². The third-order valence-electron chi connectivity index (χ3n) is 5.63. The summed E-state index contributed by atoms with van der Waals surface area (Å²) in [6, 6.07) is 27.9. The minimum absolute atomic E-state index is 0.123. The molecule has 0 bridgehead atoms. The summed E-state index contributed by atoms with van der Waals surface area (Å²) in [6.07, 6.45) is 2.51. The molecule has 0 spiro atoms. The molecular formula is C25H24N4O. The Morgan fingerprint density at radius 1 is 0.900 bits per heavy atom. The van der Waals surface area contributed by atoms with Crippen molar-refractivity contribution in [2.75, 3.05) is 11.9 Å². The molecule has 30 heavy (non-hydrogen) atoms. The third kappa shape index (κ3) is 3.54. The first-order valence-electron chi connectivity index (χ1n) is 10.4. The van der Waals surface area contributed by atoms with Crippen molar-refractivity contribution in [3.8, 4) is 16.9 Å². The number of rotatable bonds is 5. The fourth-order valence-corrected chi connectivity index (χ4v) is 4.11. The Morgan fingerprint density at radius 3 is 2.33 bits per heavy atom. The number of ether oxygens (including phenoxy) is 1. The average molecular weight is 396 g/mol. The monoisotopic (exact) mass is 396 g/mol. The van der Waals surface area contributed by atoms with Gasteiger partial charge in [0, 0.05) is 0 Å². The molecule has 5 nitrogen and oxygen atoms in total. The summed E-state index contributed by atoms with van der Waals surface area (Å²) in [7, 11) is 0. The first-order valence-corrected chi connectivity index (χ1v) is 10.4. The number of hydrogen-bond acceptors (Lipinski definition) is 4. The van der Waals surface area contributed by atoms with Gasteiger partial charge in [-0.15, -0.1) is 0 Å². The van der Waals surface area contributed by atoms with Crippen LogP contribution in [0, 0.1) is 0 Å². The second-order valence-electron chi connectivity index (χ2n) is 7.47. The molecule has 0 amide bonds. The molecule has 0 radical (unpaired) electrons. The first kappa shape index (κ1) is 18.4.